The minimum Gasteiger partial charge on any atom is -0.467 e. The molecule has 1 fully saturated rings. The summed E-state index contributed by atoms with van der Waals surface area (Å²) in [4.78, 5) is 66.6. The molecule has 0 radical (unpaired) electrons. The highest BCUT2D eigenvalue weighted by atomic mass is 16.5. The maximum absolute atomic E-state index is 14.2. The van der Waals surface area contributed by atoms with E-state index in [1.807, 2.05) is 51.1 Å². The van der Waals surface area contributed by atoms with Crippen molar-refractivity contribution in [2.75, 3.05) is 40.2 Å². The molecule has 0 spiro atoms. The molecule has 52 heavy (non-hydrogen) atoms. The second kappa shape index (κ2) is 20.2. The summed E-state index contributed by atoms with van der Waals surface area (Å²) in [5.41, 5.74) is 1.67. The fourth-order valence-electron chi connectivity index (χ4n) is 7.22. The number of hydrogen-bond donors (Lipinski definition) is 2. The van der Waals surface area contributed by atoms with Gasteiger partial charge in [-0.25, -0.2) is 14.8 Å². The number of esters is 1. The normalized spacial score (nSPS) is 18.4. The minimum absolute atomic E-state index is 0.0178. The number of aromatic nitrogens is 2. The third kappa shape index (κ3) is 11.0. The zero-order chi connectivity index (χ0) is 38.5. The summed E-state index contributed by atoms with van der Waals surface area (Å²) in [7, 11) is 6.18. The molecular formula is C39H60N6O7. The molecule has 288 valence electrons. The molecule has 2 N–H and O–H groups in total. The molecule has 0 bridgehead atoms. The van der Waals surface area contributed by atoms with Crippen LogP contribution < -0.4 is 10.6 Å². The van der Waals surface area contributed by atoms with Crippen LogP contribution in [0.25, 0.3) is 0 Å². The van der Waals surface area contributed by atoms with Gasteiger partial charge in [0, 0.05) is 46.0 Å². The van der Waals surface area contributed by atoms with Crippen molar-refractivity contribution in [2.45, 2.75) is 110 Å². The molecule has 8 atom stereocenters. The van der Waals surface area contributed by atoms with Crippen LogP contribution >= 0.6 is 0 Å². The van der Waals surface area contributed by atoms with Gasteiger partial charge in [-0.3, -0.25) is 14.4 Å². The summed E-state index contributed by atoms with van der Waals surface area (Å²) in [5.74, 6) is -1.31. The van der Waals surface area contributed by atoms with E-state index < -0.39 is 42.2 Å². The molecule has 1 aliphatic heterocycles. The van der Waals surface area contributed by atoms with Crippen molar-refractivity contribution in [3.05, 3.63) is 54.0 Å². The van der Waals surface area contributed by atoms with E-state index in [2.05, 4.69) is 34.4 Å². The van der Waals surface area contributed by atoms with Gasteiger partial charge in [-0.05, 0) is 37.2 Å². The summed E-state index contributed by atoms with van der Waals surface area (Å²) in [6, 6.07) is 9.00. The largest absolute Gasteiger partial charge is 0.467 e. The van der Waals surface area contributed by atoms with E-state index >= 15 is 0 Å². The smallest absolute Gasteiger partial charge is 0.328 e. The lowest BCUT2D eigenvalue weighted by molar-refractivity contribution is -0.148. The number of amides is 3. The van der Waals surface area contributed by atoms with Crippen molar-refractivity contribution in [2.24, 2.45) is 17.8 Å². The van der Waals surface area contributed by atoms with Gasteiger partial charge in [0.05, 0.1) is 43.7 Å². The topological polar surface area (TPSA) is 152 Å². The summed E-state index contributed by atoms with van der Waals surface area (Å²) < 4.78 is 16.9. The lowest BCUT2D eigenvalue weighted by atomic mass is 9.89. The number of carbonyl (C=O) groups excluding carboxylic acids is 4. The van der Waals surface area contributed by atoms with Crippen molar-refractivity contribution in [3.63, 3.8) is 0 Å². The van der Waals surface area contributed by atoms with Crippen LogP contribution in [-0.2, 0) is 39.8 Å². The number of anilines is 1. The van der Waals surface area contributed by atoms with Gasteiger partial charge in [-0.2, -0.15) is 0 Å². The van der Waals surface area contributed by atoms with Gasteiger partial charge in [0.25, 0.3) is 0 Å². The van der Waals surface area contributed by atoms with E-state index in [9.17, 15) is 19.2 Å². The monoisotopic (exact) mass is 724 g/mol. The van der Waals surface area contributed by atoms with E-state index in [0.29, 0.717) is 18.8 Å². The zero-order valence-electron chi connectivity index (χ0n) is 32.6. The van der Waals surface area contributed by atoms with E-state index in [1.54, 1.807) is 36.9 Å². The van der Waals surface area contributed by atoms with E-state index in [-0.39, 0.29) is 48.4 Å². The Kier molecular flexibility index (Phi) is 16.5. The molecule has 2 aromatic rings. The third-order valence-electron chi connectivity index (χ3n) is 10.4. The van der Waals surface area contributed by atoms with Crippen LogP contribution in [0.1, 0.15) is 71.6 Å². The number of ether oxygens (including phenoxy) is 3. The first-order chi connectivity index (χ1) is 24.8. The predicted molar refractivity (Wildman–Crippen MR) is 199 cm³/mol. The maximum Gasteiger partial charge on any atom is 0.328 e. The Morgan fingerprint density at radius 3 is 2.29 bits per heavy atom. The molecule has 0 aliphatic carbocycles. The predicted octanol–water partition coefficient (Wildman–Crippen LogP) is 4.04. The molecule has 0 unspecified atom stereocenters. The minimum atomic E-state index is -0.878. The van der Waals surface area contributed by atoms with Gasteiger partial charge in [0.1, 0.15) is 24.2 Å². The Balaban J connectivity index is 1.78. The number of nitrogens with one attached hydrogen (secondary N) is 2. The van der Waals surface area contributed by atoms with Gasteiger partial charge in [0.2, 0.25) is 17.7 Å². The van der Waals surface area contributed by atoms with Crippen molar-refractivity contribution >= 4 is 29.5 Å². The average Bonchev–Trinajstić information content (AvgIpc) is 3.62. The van der Waals surface area contributed by atoms with Crippen LogP contribution in [0, 0.1) is 24.7 Å². The Labute approximate surface area is 309 Å². The molecule has 3 rings (SSSR count). The van der Waals surface area contributed by atoms with Crippen LogP contribution in [0.2, 0.25) is 0 Å². The molecule has 1 saturated heterocycles. The summed E-state index contributed by atoms with van der Waals surface area (Å²) in [6.45, 7) is 12.2. The highest BCUT2D eigenvalue weighted by Gasteiger charge is 2.43. The van der Waals surface area contributed by atoms with E-state index in [1.165, 1.54) is 20.5 Å². The number of likely N-dealkylation sites (N-methyl/N-ethyl adjacent to an activating group) is 1. The quantitative estimate of drug-likeness (QED) is 0.203. The summed E-state index contributed by atoms with van der Waals surface area (Å²) in [5, 5.41) is 6.17. The molecule has 3 amide bonds. The number of aryl methyl sites for hydroxylation is 1. The van der Waals surface area contributed by atoms with Crippen LogP contribution in [0.4, 0.5) is 5.82 Å². The van der Waals surface area contributed by atoms with Crippen molar-refractivity contribution in [3.8, 4) is 0 Å². The number of hydrogen-bond acceptors (Lipinski definition) is 10. The van der Waals surface area contributed by atoms with Crippen molar-refractivity contribution in [1.82, 2.24) is 25.1 Å². The van der Waals surface area contributed by atoms with E-state index in [4.69, 9.17) is 14.2 Å². The highest BCUT2D eigenvalue weighted by Crippen LogP contribution is 2.30. The number of rotatable bonds is 19. The number of methoxy groups -OCH3 is 3. The molecule has 2 heterocycles. The van der Waals surface area contributed by atoms with E-state index in [0.717, 1.165) is 24.1 Å². The third-order valence-corrected chi connectivity index (χ3v) is 10.4. The SMILES string of the molecule is CC[C@H](C)[C@@H]([C@@H](CC(=O)N1CCC[C@H]1[C@H](OC)[C@@H](C)C(=O)N[C@@H](Cc1ccccc1)C(=O)OC)OC)N(C)C(=O)[C@@H](Nc1cc(C)ncn1)C(C)C. The molecule has 1 aliphatic rings. The van der Waals surface area contributed by atoms with Crippen LogP contribution in [0.3, 0.4) is 0 Å². The Morgan fingerprint density at radius 2 is 1.71 bits per heavy atom. The second-order valence-corrected chi connectivity index (χ2v) is 14.3. The fraction of sp³-hybridized carbons (Fsp3) is 0.641. The molecular weight excluding hydrogens is 664 g/mol. The first-order valence-corrected chi connectivity index (χ1v) is 18.4. The maximum atomic E-state index is 14.2. The number of benzene rings is 1. The second-order valence-electron chi connectivity index (χ2n) is 14.3. The van der Waals surface area contributed by atoms with Gasteiger partial charge >= 0.3 is 5.97 Å². The van der Waals surface area contributed by atoms with Crippen molar-refractivity contribution < 1.29 is 33.4 Å². The average molecular weight is 725 g/mol. The highest BCUT2D eigenvalue weighted by molar-refractivity contribution is 5.87. The lowest BCUT2D eigenvalue weighted by Gasteiger charge is -2.41. The summed E-state index contributed by atoms with van der Waals surface area (Å²) >= 11 is 0. The first kappa shape index (κ1) is 42.3. The number of nitrogens with zero attached hydrogens (tertiary/aromatic N) is 4. The fourth-order valence-corrected chi connectivity index (χ4v) is 7.22. The van der Waals surface area contributed by atoms with Gasteiger partial charge < -0.3 is 34.6 Å². The molecule has 1 aromatic heterocycles. The first-order valence-electron chi connectivity index (χ1n) is 18.4. The van der Waals surface area contributed by atoms with Crippen LogP contribution in [-0.4, -0.2) is 115 Å². The Morgan fingerprint density at radius 1 is 1.02 bits per heavy atom. The van der Waals surface area contributed by atoms with Crippen LogP contribution in [0.15, 0.2) is 42.7 Å². The summed E-state index contributed by atoms with van der Waals surface area (Å²) in [6.07, 6.45) is 2.74. The molecule has 13 heteroatoms. The molecule has 0 saturated carbocycles. The number of carbonyl (C=O) groups is 4. The van der Waals surface area contributed by atoms with Crippen molar-refractivity contribution in [1.29, 1.82) is 0 Å². The van der Waals surface area contributed by atoms with Gasteiger partial charge in [-0.15, -0.1) is 0 Å². The van der Waals surface area contributed by atoms with Crippen LogP contribution in [0.5, 0.6) is 0 Å². The standard InChI is InChI=1S/C39H60N6O7/c1-11-25(4)35(44(7)38(48)34(24(2)3)43-32-20-26(5)40-23-41-32)31(50-8)22-33(46)45-19-15-18-30(45)36(51-9)27(6)37(47)42-29(39(49)52-10)21-28-16-13-12-14-17-28/h12-14,16-17,20,23-25,27,29-31,34-36H,11,15,18-19,21-22H2,1-10H3,(H,42,47)(H,40,41,43)/t25-,27+,29-,30-,31+,34-,35-,36+/m0/s1. The Hall–Kier alpha value is -4.10. The Bertz CT molecular complexity index is 1460. The molecule has 13 nitrogen and oxygen atoms in total. The van der Waals surface area contributed by atoms with Gasteiger partial charge in [-0.1, -0.05) is 71.4 Å². The number of likely N-dealkylation sites (tertiary alicyclic amines) is 1. The molecule has 1 aromatic carbocycles. The lowest BCUT2D eigenvalue weighted by Crippen LogP contribution is -2.56. The zero-order valence-corrected chi connectivity index (χ0v) is 32.6. The van der Waals surface area contributed by atoms with Gasteiger partial charge in [0.15, 0.2) is 0 Å².